The molecule has 2 aromatic heterocycles. The fourth-order valence-electron chi connectivity index (χ4n) is 1.44. The number of halogens is 3. The number of nitrogens with one attached hydrogen (secondary N) is 1. The second-order valence-corrected chi connectivity index (χ2v) is 4.50. The van der Waals surface area contributed by atoms with E-state index in [1.165, 1.54) is 6.07 Å². The zero-order valence-corrected chi connectivity index (χ0v) is 11.3. The molecule has 0 saturated heterocycles. The van der Waals surface area contributed by atoms with Gasteiger partial charge >= 0.3 is 0 Å². The van der Waals surface area contributed by atoms with Crippen LogP contribution in [0, 0.1) is 12.9 Å². The molecule has 1 amide bonds. The van der Waals surface area contributed by atoms with E-state index in [0.717, 1.165) is 12.3 Å². The van der Waals surface area contributed by atoms with Gasteiger partial charge in [0.1, 0.15) is 5.15 Å². The molecule has 2 heterocycles. The van der Waals surface area contributed by atoms with Crippen molar-refractivity contribution in [3.8, 4) is 0 Å². The number of nitrogens with zero attached hydrogens (tertiary/aromatic N) is 2. The van der Waals surface area contributed by atoms with E-state index in [1.807, 2.05) is 0 Å². The highest BCUT2D eigenvalue weighted by atomic mass is 35.5. The number of hydrogen-bond acceptors (Lipinski definition) is 3. The van der Waals surface area contributed by atoms with E-state index in [9.17, 15) is 9.18 Å². The van der Waals surface area contributed by atoms with Gasteiger partial charge in [0, 0.05) is 6.20 Å². The second kappa shape index (κ2) is 5.50. The van der Waals surface area contributed by atoms with Crippen LogP contribution in [0.1, 0.15) is 15.9 Å². The number of carbonyl (C=O) groups is 1. The number of rotatable bonds is 2. The van der Waals surface area contributed by atoms with E-state index in [0.29, 0.717) is 11.3 Å². The zero-order valence-electron chi connectivity index (χ0n) is 9.75. The lowest BCUT2D eigenvalue weighted by molar-refractivity contribution is 0.102. The standard InChI is InChI=1S/C12H8Cl2FN3O/c1-6-4-8(13)17-11(14)10(6)18-12(19)7-2-3-9(15)16-5-7/h2-5H,1H3,(H,18,19). The normalized spacial score (nSPS) is 10.3. The van der Waals surface area contributed by atoms with Gasteiger partial charge in [0.25, 0.3) is 5.91 Å². The summed E-state index contributed by atoms with van der Waals surface area (Å²) in [5.74, 6) is -1.11. The molecule has 2 rings (SSSR count). The maximum absolute atomic E-state index is 12.7. The molecule has 0 aliphatic rings. The number of amides is 1. The topological polar surface area (TPSA) is 54.9 Å². The zero-order chi connectivity index (χ0) is 14.0. The summed E-state index contributed by atoms with van der Waals surface area (Å²) in [4.78, 5) is 19.2. The summed E-state index contributed by atoms with van der Waals surface area (Å²) in [6, 6.07) is 4.00. The minimum absolute atomic E-state index is 0.0911. The van der Waals surface area contributed by atoms with E-state index in [1.54, 1.807) is 13.0 Å². The summed E-state index contributed by atoms with van der Waals surface area (Å²) in [5, 5.41) is 2.92. The van der Waals surface area contributed by atoms with Crippen molar-refractivity contribution in [2.45, 2.75) is 6.92 Å². The third-order valence-corrected chi connectivity index (χ3v) is 2.84. The number of anilines is 1. The Balaban J connectivity index is 2.26. The second-order valence-electron chi connectivity index (χ2n) is 3.75. The molecule has 0 aromatic carbocycles. The van der Waals surface area contributed by atoms with Crippen LogP contribution in [0.4, 0.5) is 10.1 Å². The van der Waals surface area contributed by atoms with Crippen molar-refractivity contribution in [1.29, 1.82) is 0 Å². The number of aryl methyl sites for hydroxylation is 1. The van der Waals surface area contributed by atoms with Crippen LogP contribution >= 0.6 is 23.2 Å². The first-order chi connectivity index (χ1) is 8.97. The molecule has 0 saturated carbocycles. The molecule has 0 fully saturated rings. The predicted molar refractivity (Wildman–Crippen MR) is 71.1 cm³/mol. The van der Waals surface area contributed by atoms with E-state index < -0.39 is 11.9 Å². The van der Waals surface area contributed by atoms with Gasteiger partial charge in [-0.2, -0.15) is 4.39 Å². The van der Waals surface area contributed by atoms with Crippen LogP contribution < -0.4 is 5.32 Å². The Morgan fingerprint density at radius 2 is 2.11 bits per heavy atom. The monoisotopic (exact) mass is 299 g/mol. The lowest BCUT2D eigenvalue weighted by Gasteiger charge is -2.10. The molecular weight excluding hydrogens is 292 g/mol. The van der Waals surface area contributed by atoms with Gasteiger partial charge in [-0.15, -0.1) is 0 Å². The van der Waals surface area contributed by atoms with E-state index in [2.05, 4.69) is 15.3 Å². The molecule has 4 nitrogen and oxygen atoms in total. The minimum atomic E-state index is -0.654. The van der Waals surface area contributed by atoms with Crippen LogP contribution in [0.2, 0.25) is 10.3 Å². The quantitative estimate of drug-likeness (QED) is 0.864. The van der Waals surface area contributed by atoms with Crippen molar-refractivity contribution >= 4 is 34.8 Å². The highest BCUT2D eigenvalue weighted by Crippen LogP contribution is 2.26. The fraction of sp³-hybridized carbons (Fsp3) is 0.0833. The molecule has 0 aliphatic heterocycles. The third-order valence-electron chi connectivity index (χ3n) is 2.37. The summed E-state index contributed by atoms with van der Waals surface area (Å²) in [6.45, 7) is 1.73. The lowest BCUT2D eigenvalue weighted by atomic mass is 10.2. The molecule has 0 spiro atoms. The van der Waals surface area contributed by atoms with E-state index in [4.69, 9.17) is 23.2 Å². The molecule has 19 heavy (non-hydrogen) atoms. The van der Waals surface area contributed by atoms with E-state index >= 15 is 0 Å². The van der Waals surface area contributed by atoms with Crippen molar-refractivity contribution < 1.29 is 9.18 Å². The molecule has 0 bridgehead atoms. The van der Waals surface area contributed by atoms with Crippen LogP contribution in [0.25, 0.3) is 0 Å². The summed E-state index contributed by atoms with van der Waals surface area (Å²) in [7, 11) is 0. The lowest BCUT2D eigenvalue weighted by Crippen LogP contribution is -2.14. The Kier molecular flexibility index (Phi) is 3.97. The number of aromatic nitrogens is 2. The van der Waals surface area contributed by atoms with E-state index in [-0.39, 0.29) is 15.9 Å². The minimum Gasteiger partial charge on any atom is -0.319 e. The smallest absolute Gasteiger partial charge is 0.257 e. The molecule has 98 valence electrons. The Hall–Kier alpha value is -1.72. The van der Waals surface area contributed by atoms with Gasteiger partial charge in [0.15, 0.2) is 5.15 Å². The van der Waals surface area contributed by atoms with Gasteiger partial charge in [0.2, 0.25) is 5.95 Å². The van der Waals surface area contributed by atoms with Gasteiger partial charge in [-0.3, -0.25) is 4.79 Å². The first-order valence-corrected chi connectivity index (χ1v) is 5.98. The number of pyridine rings is 2. The maximum Gasteiger partial charge on any atom is 0.257 e. The summed E-state index contributed by atoms with van der Waals surface area (Å²) in [5.41, 5.74) is 1.25. The van der Waals surface area contributed by atoms with Crippen LogP contribution in [-0.4, -0.2) is 15.9 Å². The molecule has 0 aliphatic carbocycles. The molecule has 1 N–H and O–H groups in total. The Morgan fingerprint density at radius 1 is 1.37 bits per heavy atom. The summed E-state index contributed by atoms with van der Waals surface area (Å²) >= 11 is 11.6. The predicted octanol–water partition coefficient (Wildman–Crippen LogP) is 3.48. The van der Waals surface area contributed by atoms with Gasteiger partial charge in [-0.25, -0.2) is 9.97 Å². The third kappa shape index (κ3) is 3.19. The van der Waals surface area contributed by atoms with Crippen LogP contribution in [-0.2, 0) is 0 Å². The molecule has 0 unspecified atom stereocenters. The van der Waals surface area contributed by atoms with Crippen LogP contribution in [0.5, 0.6) is 0 Å². The SMILES string of the molecule is Cc1cc(Cl)nc(Cl)c1NC(=O)c1ccc(F)nc1. The Labute approximate surface area is 118 Å². The average molecular weight is 300 g/mol. The highest BCUT2D eigenvalue weighted by Gasteiger charge is 2.13. The fourth-order valence-corrected chi connectivity index (χ4v) is 2.02. The first-order valence-electron chi connectivity index (χ1n) is 5.23. The van der Waals surface area contributed by atoms with Gasteiger partial charge in [-0.1, -0.05) is 23.2 Å². The van der Waals surface area contributed by atoms with Crippen molar-refractivity contribution in [1.82, 2.24) is 9.97 Å². The summed E-state index contributed by atoms with van der Waals surface area (Å²) < 4.78 is 12.7. The number of carbonyl (C=O) groups excluding carboxylic acids is 1. The average Bonchev–Trinajstić information content (AvgIpc) is 2.34. The van der Waals surface area contributed by atoms with Crippen molar-refractivity contribution in [3.63, 3.8) is 0 Å². The molecular formula is C12H8Cl2FN3O. The maximum atomic E-state index is 12.7. The van der Waals surface area contributed by atoms with Gasteiger partial charge < -0.3 is 5.32 Å². The van der Waals surface area contributed by atoms with Crippen molar-refractivity contribution in [2.24, 2.45) is 0 Å². The number of hydrogen-bond donors (Lipinski definition) is 1. The first kappa shape index (κ1) is 13.7. The molecule has 0 radical (unpaired) electrons. The van der Waals surface area contributed by atoms with Crippen molar-refractivity contribution in [3.05, 3.63) is 51.8 Å². The van der Waals surface area contributed by atoms with Crippen molar-refractivity contribution in [2.75, 3.05) is 5.32 Å². The van der Waals surface area contributed by atoms with Gasteiger partial charge in [0.05, 0.1) is 11.3 Å². The Morgan fingerprint density at radius 3 is 2.68 bits per heavy atom. The van der Waals surface area contributed by atoms with Crippen LogP contribution in [0.15, 0.2) is 24.4 Å². The molecule has 7 heteroatoms. The Bertz CT molecular complexity index is 608. The largest absolute Gasteiger partial charge is 0.319 e. The van der Waals surface area contributed by atoms with Crippen LogP contribution in [0.3, 0.4) is 0 Å². The molecule has 0 atom stereocenters. The van der Waals surface area contributed by atoms with Gasteiger partial charge in [-0.05, 0) is 30.7 Å². The molecule has 2 aromatic rings. The highest BCUT2D eigenvalue weighted by molar-refractivity contribution is 6.35. The summed E-state index contributed by atoms with van der Waals surface area (Å²) in [6.07, 6.45) is 1.14.